The molecule has 25 heavy (non-hydrogen) atoms. The van der Waals surface area contributed by atoms with Gasteiger partial charge in [0.05, 0.1) is 0 Å². The Bertz CT molecular complexity index is 835. The molecule has 4 rings (SSSR count). The average Bonchev–Trinajstić information content (AvgIpc) is 3.12. The highest BCUT2D eigenvalue weighted by Crippen LogP contribution is 2.40. The lowest BCUT2D eigenvalue weighted by Crippen LogP contribution is -2.27. The third-order valence-corrected chi connectivity index (χ3v) is 4.96. The molecule has 124 valence electrons. The molecule has 0 aliphatic heterocycles. The Hall–Kier alpha value is -2.64. The molecule has 1 nitrogen and oxygen atoms in total. The van der Waals surface area contributed by atoms with E-state index in [9.17, 15) is 0 Å². The molecule has 0 saturated carbocycles. The molecule has 0 radical (unpaired) electrons. The van der Waals surface area contributed by atoms with Crippen LogP contribution in [0.4, 0.5) is 0 Å². The van der Waals surface area contributed by atoms with E-state index in [1.807, 2.05) is 0 Å². The van der Waals surface area contributed by atoms with Crippen LogP contribution in [-0.2, 0) is 6.54 Å². The number of rotatable bonds is 5. The molecule has 3 aromatic rings. The van der Waals surface area contributed by atoms with Crippen LogP contribution in [0, 0.1) is 0 Å². The van der Waals surface area contributed by atoms with E-state index in [0.29, 0.717) is 6.04 Å². The summed E-state index contributed by atoms with van der Waals surface area (Å²) in [5.41, 5.74) is 6.97. The van der Waals surface area contributed by atoms with Gasteiger partial charge in [-0.3, -0.25) is 0 Å². The average molecular weight is 325 g/mol. The normalized spacial score (nSPS) is 17.0. The minimum absolute atomic E-state index is 0.401. The summed E-state index contributed by atoms with van der Waals surface area (Å²) in [4.78, 5) is 0. The van der Waals surface area contributed by atoms with Crippen molar-refractivity contribution >= 4 is 11.1 Å². The fraction of sp³-hybridized carbons (Fsp3) is 0.167. The number of benzene rings is 3. The van der Waals surface area contributed by atoms with Crippen molar-refractivity contribution in [3.63, 3.8) is 0 Å². The van der Waals surface area contributed by atoms with Gasteiger partial charge in [-0.2, -0.15) is 0 Å². The number of hydrogen-bond acceptors (Lipinski definition) is 1. The molecule has 1 atom stereocenters. The monoisotopic (exact) mass is 325 g/mol. The minimum atomic E-state index is 0.401. The molecule has 1 aliphatic rings. The molecule has 1 aliphatic carbocycles. The lowest BCUT2D eigenvalue weighted by atomic mass is 9.95. The Morgan fingerprint density at radius 1 is 0.680 bits per heavy atom. The van der Waals surface area contributed by atoms with Crippen LogP contribution in [0.5, 0.6) is 0 Å². The molecule has 0 bridgehead atoms. The Balaban J connectivity index is 1.66. The highest BCUT2D eigenvalue weighted by atomic mass is 14.9. The van der Waals surface area contributed by atoms with E-state index in [0.717, 1.165) is 19.4 Å². The van der Waals surface area contributed by atoms with Crippen molar-refractivity contribution in [3.05, 3.63) is 108 Å². The summed E-state index contributed by atoms with van der Waals surface area (Å²) < 4.78 is 0. The highest BCUT2D eigenvalue weighted by Gasteiger charge is 2.26. The van der Waals surface area contributed by atoms with Crippen LogP contribution >= 0.6 is 0 Å². The Morgan fingerprint density at radius 2 is 1.24 bits per heavy atom. The first-order valence-corrected chi connectivity index (χ1v) is 9.03. The Labute approximate surface area is 150 Å². The number of hydrogen-bond donors (Lipinski definition) is 1. The zero-order valence-corrected chi connectivity index (χ0v) is 14.4. The molecule has 0 spiro atoms. The second-order valence-corrected chi connectivity index (χ2v) is 6.58. The van der Waals surface area contributed by atoms with Crippen LogP contribution in [0.3, 0.4) is 0 Å². The molecule has 0 amide bonds. The van der Waals surface area contributed by atoms with Gasteiger partial charge in [-0.1, -0.05) is 91.0 Å². The number of nitrogens with one attached hydrogen (secondary N) is 1. The molecule has 0 aromatic heterocycles. The molecular weight excluding hydrogens is 302 g/mol. The molecule has 0 fully saturated rings. The van der Waals surface area contributed by atoms with Crippen LogP contribution in [-0.4, -0.2) is 6.04 Å². The maximum atomic E-state index is 3.79. The van der Waals surface area contributed by atoms with Crippen LogP contribution < -0.4 is 5.32 Å². The Kier molecular flexibility index (Phi) is 4.76. The van der Waals surface area contributed by atoms with Crippen molar-refractivity contribution in [1.82, 2.24) is 5.32 Å². The lowest BCUT2D eigenvalue weighted by Gasteiger charge is -2.18. The van der Waals surface area contributed by atoms with E-state index in [2.05, 4.69) is 96.3 Å². The van der Waals surface area contributed by atoms with Crippen LogP contribution in [0.1, 0.15) is 29.5 Å². The van der Waals surface area contributed by atoms with E-state index < -0.39 is 0 Å². The quantitative estimate of drug-likeness (QED) is 0.648. The largest absolute Gasteiger partial charge is 0.306 e. The van der Waals surface area contributed by atoms with Crippen LogP contribution in [0.25, 0.3) is 11.1 Å². The third kappa shape index (κ3) is 3.57. The Morgan fingerprint density at radius 3 is 1.88 bits per heavy atom. The first-order valence-electron chi connectivity index (χ1n) is 9.03. The first-order chi connectivity index (χ1) is 12.4. The summed E-state index contributed by atoms with van der Waals surface area (Å²) in [5, 5.41) is 3.79. The predicted octanol–water partition coefficient (Wildman–Crippen LogP) is 5.55. The van der Waals surface area contributed by atoms with Crippen LogP contribution in [0.15, 0.2) is 91.0 Å². The summed E-state index contributed by atoms with van der Waals surface area (Å²) in [6.07, 6.45) is 2.28. The maximum absolute atomic E-state index is 3.79. The minimum Gasteiger partial charge on any atom is -0.306 e. The van der Waals surface area contributed by atoms with Crippen molar-refractivity contribution in [3.8, 4) is 0 Å². The zero-order valence-electron chi connectivity index (χ0n) is 14.4. The second kappa shape index (κ2) is 7.50. The van der Waals surface area contributed by atoms with Crippen molar-refractivity contribution in [2.45, 2.75) is 25.4 Å². The summed E-state index contributed by atoms with van der Waals surface area (Å²) in [7, 11) is 0. The third-order valence-electron chi connectivity index (χ3n) is 4.96. The van der Waals surface area contributed by atoms with Gasteiger partial charge in [0.25, 0.3) is 0 Å². The van der Waals surface area contributed by atoms with Crippen molar-refractivity contribution in [2.24, 2.45) is 0 Å². The van der Waals surface area contributed by atoms with Crippen molar-refractivity contribution in [1.29, 1.82) is 0 Å². The van der Waals surface area contributed by atoms with Gasteiger partial charge >= 0.3 is 0 Å². The van der Waals surface area contributed by atoms with Gasteiger partial charge < -0.3 is 5.32 Å². The lowest BCUT2D eigenvalue weighted by molar-refractivity contribution is 0.592. The van der Waals surface area contributed by atoms with Crippen molar-refractivity contribution < 1.29 is 0 Å². The predicted molar refractivity (Wildman–Crippen MR) is 106 cm³/mol. The van der Waals surface area contributed by atoms with E-state index in [1.54, 1.807) is 0 Å². The van der Waals surface area contributed by atoms with Gasteiger partial charge in [-0.15, -0.1) is 0 Å². The second-order valence-electron chi connectivity index (χ2n) is 6.58. The number of allylic oxidation sites excluding steroid dienone is 1. The van der Waals surface area contributed by atoms with E-state index in [1.165, 1.54) is 27.8 Å². The molecule has 1 unspecified atom stereocenters. The van der Waals surface area contributed by atoms with Crippen molar-refractivity contribution in [2.75, 3.05) is 0 Å². The molecule has 0 saturated heterocycles. The summed E-state index contributed by atoms with van der Waals surface area (Å²) in [6.45, 7) is 0.907. The molecule has 3 aromatic carbocycles. The van der Waals surface area contributed by atoms with Gasteiger partial charge in [0.15, 0.2) is 0 Å². The summed E-state index contributed by atoms with van der Waals surface area (Å²) >= 11 is 0. The van der Waals surface area contributed by atoms with Gasteiger partial charge in [0, 0.05) is 12.6 Å². The van der Waals surface area contributed by atoms with Crippen LogP contribution in [0.2, 0.25) is 0 Å². The fourth-order valence-corrected chi connectivity index (χ4v) is 3.75. The van der Waals surface area contributed by atoms with Gasteiger partial charge in [0.2, 0.25) is 0 Å². The van der Waals surface area contributed by atoms with E-state index >= 15 is 0 Å². The topological polar surface area (TPSA) is 12.0 Å². The first kappa shape index (κ1) is 15.9. The summed E-state index contributed by atoms with van der Waals surface area (Å²) in [5.74, 6) is 0. The molecular formula is C24H23N. The summed E-state index contributed by atoms with van der Waals surface area (Å²) in [6, 6.07) is 32.7. The SMILES string of the molecule is c1ccc(CNC2CCC(c3ccccc3)=C2c2ccccc2)cc1. The smallest absolute Gasteiger partial charge is 0.0335 e. The van der Waals surface area contributed by atoms with E-state index in [-0.39, 0.29) is 0 Å². The van der Waals surface area contributed by atoms with Gasteiger partial charge in [-0.25, -0.2) is 0 Å². The molecule has 0 heterocycles. The molecule has 1 heteroatoms. The van der Waals surface area contributed by atoms with Gasteiger partial charge in [-0.05, 0) is 40.7 Å². The van der Waals surface area contributed by atoms with E-state index in [4.69, 9.17) is 0 Å². The van der Waals surface area contributed by atoms with Gasteiger partial charge in [0.1, 0.15) is 0 Å². The molecule has 1 N–H and O–H groups in total. The highest BCUT2D eigenvalue weighted by molar-refractivity contribution is 5.95. The fourth-order valence-electron chi connectivity index (χ4n) is 3.75. The zero-order chi connectivity index (χ0) is 16.9. The maximum Gasteiger partial charge on any atom is 0.0335 e. The standard InChI is InChI=1S/C24H23N/c1-4-10-19(11-5-1)18-25-23-17-16-22(20-12-6-2-7-13-20)24(23)21-14-8-3-9-15-21/h1-15,23,25H,16-18H2.